The molecule has 8 unspecified atom stereocenters. The van der Waals surface area contributed by atoms with Crippen LogP contribution in [0.25, 0.3) is 0 Å². The van der Waals surface area contributed by atoms with Crippen LogP contribution in [0.2, 0.25) is 0 Å². The van der Waals surface area contributed by atoms with Crippen molar-refractivity contribution in [2.45, 2.75) is 123 Å². The molecule has 0 aromatic carbocycles. The van der Waals surface area contributed by atoms with Gasteiger partial charge in [0.25, 0.3) is 0 Å². The molecule has 6 rings (SSSR count). The lowest BCUT2D eigenvalue weighted by Gasteiger charge is -2.61. The number of rotatable bonds is 2. The van der Waals surface area contributed by atoms with Crippen LogP contribution in [0.4, 0.5) is 0 Å². The molecular formula is C30H49NO4. The first kappa shape index (κ1) is 24.7. The van der Waals surface area contributed by atoms with E-state index in [4.69, 9.17) is 19.9 Å². The highest BCUT2D eigenvalue weighted by molar-refractivity contribution is 5.75. The Balaban J connectivity index is 1.18. The Morgan fingerprint density at radius 1 is 0.971 bits per heavy atom. The molecule has 0 amide bonds. The lowest BCUT2D eigenvalue weighted by atomic mass is 9.44. The van der Waals surface area contributed by atoms with E-state index in [9.17, 15) is 4.79 Å². The molecule has 35 heavy (non-hydrogen) atoms. The molecule has 5 nitrogen and oxygen atoms in total. The van der Waals surface area contributed by atoms with Crippen LogP contribution >= 0.6 is 0 Å². The molecule has 6 aliphatic rings. The van der Waals surface area contributed by atoms with Crippen LogP contribution in [-0.2, 0) is 19.0 Å². The Morgan fingerprint density at radius 2 is 1.74 bits per heavy atom. The van der Waals surface area contributed by atoms with Gasteiger partial charge in [-0.2, -0.15) is 0 Å². The minimum Gasteiger partial charge on any atom is -0.461 e. The molecule has 0 aromatic heterocycles. The van der Waals surface area contributed by atoms with Crippen molar-refractivity contribution in [2.24, 2.45) is 58.0 Å². The quantitative estimate of drug-likeness (QED) is 0.507. The lowest BCUT2D eigenvalue weighted by Crippen LogP contribution is -2.55. The average molecular weight is 488 g/mol. The maximum absolute atomic E-state index is 12.1. The van der Waals surface area contributed by atoms with E-state index in [1.807, 2.05) is 0 Å². The molecule has 198 valence electrons. The van der Waals surface area contributed by atoms with Crippen molar-refractivity contribution < 1.29 is 19.0 Å². The van der Waals surface area contributed by atoms with Gasteiger partial charge in [-0.25, -0.2) is 0 Å². The smallest absolute Gasteiger partial charge is 0.322 e. The zero-order chi connectivity index (χ0) is 24.8. The number of fused-ring (bicyclic) bond motifs is 7. The van der Waals surface area contributed by atoms with Crippen LogP contribution in [0.15, 0.2) is 0 Å². The van der Waals surface area contributed by atoms with Gasteiger partial charge in [-0.3, -0.25) is 4.79 Å². The third-order valence-corrected chi connectivity index (χ3v) is 12.5. The molecule has 2 heterocycles. The van der Waals surface area contributed by atoms with Gasteiger partial charge < -0.3 is 19.9 Å². The summed E-state index contributed by atoms with van der Waals surface area (Å²) in [4.78, 5) is 12.1. The van der Waals surface area contributed by atoms with Crippen LogP contribution in [0.3, 0.4) is 0 Å². The van der Waals surface area contributed by atoms with Crippen LogP contribution in [-0.4, -0.2) is 36.6 Å². The molecule has 2 saturated heterocycles. The van der Waals surface area contributed by atoms with Crippen molar-refractivity contribution in [3.8, 4) is 0 Å². The molecule has 13 atom stereocenters. The van der Waals surface area contributed by atoms with E-state index in [2.05, 4.69) is 27.7 Å². The predicted molar refractivity (Wildman–Crippen MR) is 135 cm³/mol. The minimum atomic E-state index is -0.525. The minimum absolute atomic E-state index is 0.0615. The molecule has 0 bridgehead atoms. The molecule has 0 aromatic rings. The number of carbonyl (C=O) groups excluding carboxylic acids is 1. The number of esters is 1. The normalized spacial score (nSPS) is 56.0. The van der Waals surface area contributed by atoms with Gasteiger partial charge in [-0.05, 0) is 111 Å². The largest absolute Gasteiger partial charge is 0.461 e. The second-order valence-corrected chi connectivity index (χ2v) is 14.3. The fraction of sp³-hybridized carbons (Fsp3) is 0.967. The van der Waals surface area contributed by atoms with Gasteiger partial charge in [-0.15, -0.1) is 0 Å². The molecule has 4 saturated carbocycles. The first-order valence-electron chi connectivity index (χ1n) is 14.9. The van der Waals surface area contributed by atoms with Gasteiger partial charge in [0.05, 0.1) is 12.7 Å². The predicted octanol–water partition coefficient (Wildman–Crippen LogP) is 5.69. The van der Waals surface area contributed by atoms with Crippen molar-refractivity contribution in [3.05, 3.63) is 0 Å². The number of hydrogen-bond acceptors (Lipinski definition) is 5. The van der Waals surface area contributed by atoms with Crippen molar-refractivity contribution in [1.82, 2.24) is 0 Å². The molecule has 2 N–H and O–H groups in total. The summed E-state index contributed by atoms with van der Waals surface area (Å²) < 4.78 is 19.2. The summed E-state index contributed by atoms with van der Waals surface area (Å²) >= 11 is 0. The first-order chi connectivity index (χ1) is 16.6. The van der Waals surface area contributed by atoms with E-state index in [0.717, 1.165) is 43.6 Å². The maximum atomic E-state index is 12.1. The van der Waals surface area contributed by atoms with Gasteiger partial charge in [0.2, 0.25) is 0 Å². The van der Waals surface area contributed by atoms with Crippen LogP contribution in [0.5, 0.6) is 0 Å². The molecule has 1 spiro atoms. The van der Waals surface area contributed by atoms with Gasteiger partial charge in [-0.1, -0.05) is 27.7 Å². The lowest BCUT2D eigenvalue weighted by molar-refractivity contribution is -0.273. The van der Waals surface area contributed by atoms with Crippen LogP contribution < -0.4 is 5.73 Å². The van der Waals surface area contributed by atoms with Gasteiger partial charge in [0.15, 0.2) is 5.79 Å². The number of nitrogens with two attached hydrogens (primary N) is 1. The Bertz CT molecular complexity index is 836. The van der Waals surface area contributed by atoms with Gasteiger partial charge >= 0.3 is 5.97 Å². The Hall–Kier alpha value is -0.650. The highest BCUT2D eigenvalue weighted by Crippen LogP contribution is 2.71. The van der Waals surface area contributed by atoms with E-state index in [1.165, 1.54) is 44.9 Å². The summed E-state index contributed by atoms with van der Waals surface area (Å²) in [7, 11) is 0. The fourth-order valence-electron chi connectivity index (χ4n) is 10.6. The topological polar surface area (TPSA) is 70.8 Å². The maximum Gasteiger partial charge on any atom is 0.322 e. The molecule has 6 fully saturated rings. The third-order valence-electron chi connectivity index (χ3n) is 12.5. The average Bonchev–Trinajstić information content (AvgIpc) is 3.26. The Labute approximate surface area is 212 Å². The Morgan fingerprint density at radius 3 is 2.46 bits per heavy atom. The van der Waals surface area contributed by atoms with Crippen LogP contribution in [0.1, 0.15) is 98.8 Å². The van der Waals surface area contributed by atoms with E-state index in [-0.39, 0.29) is 17.9 Å². The summed E-state index contributed by atoms with van der Waals surface area (Å²) in [5, 5.41) is 0. The molecule has 2 aliphatic heterocycles. The van der Waals surface area contributed by atoms with E-state index < -0.39 is 6.04 Å². The van der Waals surface area contributed by atoms with Crippen molar-refractivity contribution in [1.29, 1.82) is 0 Å². The van der Waals surface area contributed by atoms with E-state index in [0.29, 0.717) is 40.6 Å². The molecule has 4 aliphatic carbocycles. The first-order valence-corrected chi connectivity index (χ1v) is 14.9. The summed E-state index contributed by atoms with van der Waals surface area (Å²) in [6.07, 6.45) is 12.5. The van der Waals surface area contributed by atoms with Gasteiger partial charge in [0, 0.05) is 12.3 Å². The number of carbonyl (C=O) groups is 1. The van der Waals surface area contributed by atoms with Crippen molar-refractivity contribution >= 4 is 5.97 Å². The Kier molecular flexibility index (Phi) is 5.94. The zero-order valence-corrected chi connectivity index (χ0v) is 22.8. The summed E-state index contributed by atoms with van der Waals surface area (Å²) in [6, 6.07) is -0.525. The van der Waals surface area contributed by atoms with Crippen LogP contribution in [0, 0.1) is 52.3 Å². The molecule has 0 radical (unpaired) electrons. The number of ether oxygens (including phenoxy) is 3. The second-order valence-electron chi connectivity index (χ2n) is 14.3. The highest BCUT2D eigenvalue weighted by Gasteiger charge is 2.69. The zero-order valence-electron chi connectivity index (χ0n) is 22.8. The van der Waals surface area contributed by atoms with Crippen molar-refractivity contribution in [2.75, 3.05) is 6.61 Å². The second kappa shape index (κ2) is 8.43. The molecule has 5 heteroatoms. The third kappa shape index (κ3) is 3.61. The highest BCUT2D eigenvalue weighted by atomic mass is 16.7. The summed E-state index contributed by atoms with van der Waals surface area (Å²) in [5.41, 5.74) is 6.54. The van der Waals surface area contributed by atoms with E-state index >= 15 is 0 Å². The van der Waals surface area contributed by atoms with Crippen molar-refractivity contribution in [3.63, 3.8) is 0 Å². The monoisotopic (exact) mass is 487 g/mol. The fourth-order valence-corrected chi connectivity index (χ4v) is 10.6. The SMILES string of the molecule is CC(N)C(=O)O[C@@H]1CC[C@@]2(C)C(CCC3C2CC[C@@]2(C)C3CC3O[C@]4(CC[C@H](C)CO4)C(C)C32)C1. The van der Waals surface area contributed by atoms with Gasteiger partial charge in [0.1, 0.15) is 12.1 Å². The number of hydrogen-bond donors (Lipinski definition) is 1. The van der Waals surface area contributed by atoms with E-state index in [1.54, 1.807) is 6.92 Å². The summed E-state index contributed by atoms with van der Waals surface area (Å²) in [5.74, 6) is 4.32. The summed E-state index contributed by atoms with van der Waals surface area (Å²) in [6.45, 7) is 12.5. The molecular weight excluding hydrogens is 438 g/mol. The standard InChI is InChI=1S/C30H49NO4/c1-17-8-13-30(33-16-17)18(2)26-25(35-30)15-24-22-7-6-20-14-21(34-27(32)19(3)31)9-11-28(20,4)23(22)10-12-29(24,26)5/h17-26H,6-16,31H2,1-5H3/t17-,18?,19?,20?,21+,22?,23?,24?,25?,26?,28-,29-,30+/m0/s1.